The van der Waals surface area contributed by atoms with Crippen LogP contribution < -0.4 is 20.1 Å². The van der Waals surface area contributed by atoms with Crippen LogP contribution in [0.15, 0.2) is 78.9 Å². The number of fused-ring (bicyclic) bond motifs is 2. The van der Waals surface area contributed by atoms with Crippen LogP contribution in [0.2, 0.25) is 0 Å². The zero-order valence-electron chi connectivity index (χ0n) is 17.6. The van der Waals surface area contributed by atoms with Gasteiger partial charge in [0.1, 0.15) is 23.8 Å². The third kappa shape index (κ3) is 3.87. The second-order valence-electron chi connectivity index (χ2n) is 7.81. The Labute approximate surface area is 190 Å². The molecule has 0 radical (unpaired) electrons. The molecule has 0 bridgehead atoms. The van der Waals surface area contributed by atoms with Crippen molar-refractivity contribution in [3.63, 3.8) is 0 Å². The van der Waals surface area contributed by atoms with Gasteiger partial charge in [-0.05, 0) is 42.5 Å². The van der Waals surface area contributed by atoms with Crippen molar-refractivity contribution in [2.24, 2.45) is 0 Å². The van der Waals surface area contributed by atoms with Crippen LogP contribution in [0, 0.1) is 0 Å². The minimum absolute atomic E-state index is 0.292. The SMILES string of the molecule is O=C(CN1C(=O)N[C@]2(CCOc3ccccc32)C1=O)Nc1ccc(Oc2ccccc2)cc1. The number of benzene rings is 3. The van der Waals surface area contributed by atoms with E-state index in [0.29, 0.717) is 41.5 Å². The van der Waals surface area contributed by atoms with Crippen molar-refractivity contribution in [1.29, 1.82) is 0 Å². The van der Waals surface area contributed by atoms with E-state index in [2.05, 4.69) is 10.6 Å². The van der Waals surface area contributed by atoms with Crippen molar-refractivity contribution in [2.45, 2.75) is 12.0 Å². The number of rotatable bonds is 5. The van der Waals surface area contributed by atoms with Crippen LogP contribution in [0.25, 0.3) is 0 Å². The highest BCUT2D eigenvalue weighted by molar-refractivity contribution is 6.10. The van der Waals surface area contributed by atoms with Gasteiger partial charge in [-0.3, -0.25) is 14.5 Å². The molecular formula is C25H21N3O5. The minimum atomic E-state index is -1.21. The Morgan fingerprint density at radius 2 is 1.67 bits per heavy atom. The van der Waals surface area contributed by atoms with Crippen LogP contribution in [0.1, 0.15) is 12.0 Å². The predicted octanol–water partition coefficient (Wildman–Crippen LogP) is 3.65. The second kappa shape index (κ2) is 8.31. The minimum Gasteiger partial charge on any atom is -0.493 e. The molecule has 2 heterocycles. The van der Waals surface area contributed by atoms with E-state index in [1.807, 2.05) is 30.3 Å². The summed E-state index contributed by atoms with van der Waals surface area (Å²) in [6, 6.07) is 22.7. The maximum Gasteiger partial charge on any atom is 0.325 e. The van der Waals surface area contributed by atoms with Gasteiger partial charge in [0.25, 0.3) is 5.91 Å². The number of para-hydroxylation sites is 2. The van der Waals surface area contributed by atoms with Gasteiger partial charge in [0, 0.05) is 17.7 Å². The van der Waals surface area contributed by atoms with Gasteiger partial charge in [-0.2, -0.15) is 0 Å². The van der Waals surface area contributed by atoms with Crippen LogP contribution >= 0.6 is 0 Å². The summed E-state index contributed by atoms with van der Waals surface area (Å²) in [5.41, 5.74) is -0.0760. The molecule has 0 saturated carbocycles. The first-order chi connectivity index (χ1) is 16.0. The van der Waals surface area contributed by atoms with Crippen LogP contribution in [0.3, 0.4) is 0 Å². The summed E-state index contributed by atoms with van der Waals surface area (Å²) in [6.07, 6.45) is 0.301. The Kier molecular flexibility index (Phi) is 5.18. The number of imide groups is 1. The van der Waals surface area contributed by atoms with E-state index in [1.165, 1.54) is 0 Å². The lowest BCUT2D eigenvalue weighted by atomic mass is 9.84. The van der Waals surface area contributed by atoms with Crippen LogP contribution in [0.5, 0.6) is 17.2 Å². The quantitative estimate of drug-likeness (QED) is 0.587. The number of hydrogen-bond donors (Lipinski definition) is 2. The number of amides is 4. The summed E-state index contributed by atoms with van der Waals surface area (Å²) in [5.74, 6) is 0.948. The number of carbonyl (C=O) groups is 3. The standard InChI is InChI=1S/C25H21N3O5/c29-22(26-17-10-12-19(13-11-17)33-18-6-2-1-3-7-18)16-28-23(30)25(27-24(28)31)14-15-32-21-9-5-4-8-20(21)25/h1-13H,14-16H2,(H,26,29)(H,27,31)/t25-/m0/s1. The van der Waals surface area contributed by atoms with Gasteiger partial charge in [-0.1, -0.05) is 36.4 Å². The van der Waals surface area contributed by atoms with E-state index in [9.17, 15) is 14.4 Å². The van der Waals surface area contributed by atoms with E-state index >= 15 is 0 Å². The number of carbonyl (C=O) groups excluding carboxylic acids is 3. The first kappa shape index (κ1) is 20.6. The normalized spacial score (nSPS) is 19.0. The summed E-state index contributed by atoms with van der Waals surface area (Å²) < 4.78 is 11.4. The summed E-state index contributed by atoms with van der Waals surface area (Å²) >= 11 is 0. The number of nitrogens with zero attached hydrogens (tertiary/aromatic N) is 1. The van der Waals surface area contributed by atoms with E-state index < -0.39 is 29.9 Å². The van der Waals surface area contributed by atoms with Gasteiger partial charge in [-0.15, -0.1) is 0 Å². The molecule has 166 valence electrons. The van der Waals surface area contributed by atoms with Gasteiger partial charge < -0.3 is 20.1 Å². The van der Waals surface area contributed by atoms with Crippen LogP contribution in [0.4, 0.5) is 10.5 Å². The third-order valence-electron chi connectivity index (χ3n) is 5.68. The summed E-state index contributed by atoms with van der Waals surface area (Å²) in [5, 5.41) is 5.50. The number of urea groups is 1. The first-order valence-corrected chi connectivity index (χ1v) is 10.5. The molecule has 33 heavy (non-hydrogen) atoms. The van der Waals surface area contributed by atoms with Crippen LogP contribution in [-0.2, 0) is 15.1 Å². The van der Waals surface area contributed by atoms with Gasteiger partial charge >= 0.3 is 6.03 Å². The summed E-state index contributed by atoms with van der Waals surface area (Å²) in [6.45, 7) is -0.0990. The maximum absolute atomic E-state index is 13.3. The van der Waals surface area contributed by atoms with Crippen molar-refractivity contribution >= 4 is 23.5 Å². The Hall–Kier alpha value is -4.33. The molecule has 0 aromatic heterocycles. The highest BCUT2D eigenvalue weighted by atomic mass is 16.5. The Balaban J connectivity index is 1.25. The molecule has 4 amide bonds. The van der Waals surface area contributed by atoms with Crippen LogP contribution in [-0.4, -0.2) is 35.9 Å². The summed E-state index contributed by atoms with van der Waals surface area (Å²) in [4.78, 5) is 39.4. The largest absolute Gasteiger partial charge is 0.493 e. The van der Waals surface area contributed by atoms with Crippen molar-refractivity contribution in [2.75, 3.05) is 18.5 Å². The van der Waals surface area contributed by atoms with E-state index in [-0.39, 0.29) is 0 Å². The van der Waals surface area contributed by atoms with E-state index in [4.69, 9.17) is 9.47 Å². The smallest absolute Gasteiger partial charge is 0.325 e. The van der Waals surface area contributed by atoms with Crippen molar-refractivity contribution in [1.82, 2.24) is 10.2 Å². The highest BCUT2D eigenvalue weighted by Crippen LogP contribution is 2.40. The molecule has 1 atom stereocenters. The zero-order valence-corrected chi connectivity index (χ0v) is 17.6. The molecule has 2 N–H and O–H groups in total. The maximum atomic E-state index is 13.3. The van der Waals surface area contributed by atoms with Crippen molar-refractivity contribution in [3.8, 4) is 17.2 Å². The van der Waals surface area contributed by atoms with E-state index in [1.54, 1.807) is 48.5 Å². The molecule has 2 aliphatic rings. The molecule has 0 unspecified atom stereocenters. The van der Waals surface area contributed by atoms with Gasteiger partial charge in [0.05, 0.1) is 6.61 Å². The fourth-order valence-electron chi connectivity index (χ4n) is 4.09. The Morgan fingerprint density at radius 1 is 0.970 bits per heavy atom. The molecule has 3 aromatic carbocycles. The molecule has 5 rings (SSSR count). The fraction of sp³-hybridized carbons (Fsp3) is 0.160. The first-order valence-electron chi connectivity index (χ1n) is 10.5. The molecule has 0 aliphatic carbocycles. The average Bonchev–Trinajstić information content (AvgIpc) is 3.06. The number of nitrogens with one attached hydrogen (secondary N) is 2. The third-order valence-corrected chi connectivity index (χ3v) is 5.68. The van der Waals surface area contributed by atoms with Crippen molar-refractivity contribution in [3.05, 3.63) is 84.4 Å². The lowest BCUT2D eigenvalue weighted by molar-refractivity contribution is -0.135. The Morgan fingerprint density at radius 3 is 2.45 bits per heavy atom. The second-order valence-corrected chi connectivity index (χ2v) is 7.81. The molecular weight excluding hydrogens is 422 g/mol. The lowest BCUT2D eigenvalue weighted by Crippen LogP contribution is -2.48. The van der Waals surface area contributed by atoms with Gasteiger partial charge in [0.2, 0.25) is 5.91 Å². The Bertz CT molecular complexity index is 1210. The topological polar surface area (TPSA) is 97.0 Å². The summed E-state index contributed by atoms with van der Waals surface area (Å²) in [7, 11) is 0. The lowest BCUT2D eigenvalue weighted by Gasteiger charge is -2.33. The number of anilines is 1. The average molecular weight is 443 g/mol. The molecule has 1 saturated heterocycles. The molecule has 8 heteroatoms. The number of hydrogen-bond acceptors (Lipinski definition) is 5. The molecule has 2 aliphatic heterocycles. The fourth-order valence-corrected chi connectivity index (χ4v) is 4.09. The monoisotopic (exact) mass is 443 g/mol. The van der Waals surface area contributed by atoms with Crippen molar-refractivity contribution < 1.29 is 23.9 Å². The van der Waals surface area contributed by atoms with Gasteiger partial charge in [0.15, 0.2) is 5.54 Å². The number of ether oxygens (including phenoxy) is 2. The molecule has 1 spiro atoms. The molecule has 3 aromatic rings. The molecule has 1 fully saturated rings. The highest BCUT2D eigenvalue weighted by Gasteiger charge is 2.55. The molecule has 8 nitrogen and oxygen atoms in total. The van der Waals surface area contributed by atoms with Gasteiger partial charge in [-0.25, -0.2) is 4.79 Å². The predicted molar refractivity (Wildman–Crippen MR) is 120 cm³/mol. The zero-order chi connectivity index (χ0) is 22.8. The van der Waals surface area contributed by atoms with E-state index in [0.717, 1.165) is 4.90 Å².